The van der Waals surface area contributed by atoms with Crippen molar-refractivity contribution in [2.24, 2.45) is 0 Å². The van der Waals surface area contributed by atoms with E-state index in [0.29, 0.717) is 6.54 Å². The SMILES string of the molecule is CN(C)c1ccc(C(=C2C=CC(NCCO)=CC2)c2ccc(N(C)C)cc2)cc1. The summed E-state index contributed by atoms with van der Waals surface area (Å²) in [5, 5.41) is 12.3. The van der Waals surface area contributed by atoms with Crippen molar-refractivity contribution in [2.75, 3.05) is 51.1 Å². The molecule has 0 spiro atoms. The number of benzene rings is 2. The third kappa shape index (κ3) is 5.09. The Kier molecular flexibility index (Phi) is 6.78. The minimum atomic E-state index is 0.134. The molecule has 4 nitrogen and oxygen atoms in total. The Morgan fingerprint density at radius 1 is 0.828 bits per heavy atom. The third-order valence-electron chi connectivity index (χ3n) is 5.11. The normalized spacial score (nSPS) is 13.1. The highest BCUT2D eigenvalue weighted by Gasteiger charge is 2.13. The molecular formula is C25H31N3O. The lowest BCUT2D eigenvalue weighted by Gasteiger charge is -2.19. The summed E-state index contributed by atoms with van der Waals surface area (Å²) in [6.45, 7) is 0.704. The van der Waals surface area contributed by atoms with E-state index >= 15 is 0 Å². The van der Waals surface area contributed by atoms with E-state index in [-0.39, 0.29) is 6.61 Å². The molecule has 1 aliphatic rings. The van der Waals surface area contributed by atoms with Crippen LogP contribution >= 0.6 is 0 Å². The van der Waals surface area contributed by atoms with E-state index in [1.807, 2.05) is 0 Å². The molecule has 1 aliphatic carbocycles. The van der Waals surface area contributed by atoms with Gasteiger partial charge in [-0.3, -0.25) is 0 Å². The Hall–Kier alpha value is -2.98. The molecule has 0 heterocycles. The Bertz CT molecular complexity index is 851. The van der Waals surface area contributed by atoms with Crippen LogP contribution in [0.15, 0.2) is 78.0 Å². The van der Waals surface area contributed by atoms with Crippen LogP contribution in [0.2, 0.25) is 0 Å². The predicted octanol–water partition coefficient (Wildman–Crippen LogP) is 4.05. The average molecular weight is 390 g/mol. The van der Waals surface area contributed by atoms with Gasteiger partial charge in [-0.1, -0.05) is 36.4 Å². The highest BCUT2D eigenvalue weighted by atomic mass is 16.3. The number of aliphatic hydroxyl groups is 1. The van der Waals surface area contributed by atoms with Gasteiger partial charge in [0, 0.05) is 51.8 Å². The number of anilines is 2. The molecule has 3 rings (SSSR count). The van der Waals surface area contributed by atoms with E-state index in [9.17, 15) is 0 Å². The predicted molar refractivity (Wildman–Crippen MR) is 124 cm³/mol. The van der Waals surface area contributed by atoms with Crippen LogP contribution in [0.5, 0.6) is 0 Å². The van der Waals surface area contributed by atoms with Crippen LogP contribution in [0.3, 0.4) is 0 Å². The van der Waals surface area contributed by atoms with Gasteiger partial charge in [0.2, 0.25) is 0 Å². The summed E-state index contributed by atoms with van der Waals surface area (Å²) >= 11 is 0. The Balaban J connectivity index is 2.00. The van der Waals surface area contributed by atoms with E-state index in [1.54, 1.807) is 0 Å². The van der Waals surface area contributed by atoms with Crippen molar-refractivity contribution in [1.29, 1.82) is 0 Å². The summed E-state index contributed by atoms with van der Waals surface area (Å²) < 4.78 is 0. The molecule has 2 aromatic rings. The molecule has 152 valence electrons. The summed E-state index contributed by atoms with van der Waals surface area (Å²) in [4.78, 5) is 4.23. The summed E-state index contributed by atoms with van der Waals surface area (Å²) in [5.41, 5.74) is 8.42. The third-order valence-corrected chi connectivity index (χ3v) is 5.11. The topological polar surface area (TPSA) is 38.7 Å². The van der Waals surface area contributed by atoms with Gasteiger partial charge in [-0.15, -0.1) is 0 Å². The molecule has 0 bridgehead atoms. The number of rotatable bonds is 7. The first kappa shape index (κ1) is 20.7. The second-order valence-corrected chi connectivity index (χ2v) is 7.63. The molecule has 2 aromatic carbocycles. The highest BCUT2D eigenvalue weighted by molar-refractivity contribution is 5.85. The van der Waals surface area contributed by atoms with Crippen molar-refractivity contribution in [1.82, 2.24) is 5.32 Å². The highest BCUT2D eigenvalue weighted by Crippen LogP contribution is 2.33. The van der Waals surface area contributed by atoms with Gasteiger partial charge in [-0.25, -0.2) is 0 Å². The fourth-order valence-electron chi connectivity index (χ4n) is 3.45. The maximum Gasteiger partial charge on any atom is 0.0604 e. The molecule has 0 unspecified atom stereocenters. The molecule has 0 aromatic heterocycles. The molecule has 0 saturated heterocycles. The van der Waals surface area contributed by atoms with Crippen LogP contribution in [0.1, 0.15) is 17.5 Å². The summed E-state index contributed by atoms with van der Waals surface area (Å²) in [6, 6.07) is 17.5. The second kappa shape index (κ2) is 9.48. The van der Waals surface area contributed by atoms with Crippen molar-refractivity contribution in [3.8, 4) is 0 Å². The number of nitrogens with one attached hydrogen (secondary N) is 1. The first-order valence-corrected chi connectivity index (χ1v) is 10.0. The molecule has 0 saturated carbocycles. The van der Waals surface area contributed by atoms with Gasteiger partial charge >= 0.3 is 0 Å². The molecule has 0 atom stereocenters. The standard InChI is InChI=1S/C25H31N3O/c1-27(2)23-13-7-20(8-14-23)25(21-9-15-24(16-10-21)28(3)4)19-5-11-22(12-6-19)26-17-18-29/h5,7-16,26,29H,6,17-18H2,1-4H3. The quantitative estimate of drug-likeness (QED) is 0.749. The Morgan fingerprint density at radius 3 is 1.72 bits per heavy atom. The van der Waals surface area contributed by atoms with Crippen molar-refractivity contribution >= 4 is 16.9 Å². The first-order valence-electron chi connectivity index (χ1n) is 10.0. The number of hydrogen-bond acceptors (Lipinski definition) is 4. The van der Waals surface area contributed by atoms with Crippen LogP contribution in [0.25, 0.3) is 5.57 Å². The van der Waals surface area contributed by atoms with Gasteiger partial charge in [0.1, 0.15) is 0 Å². The summed E-state index contributed by atoms with van der Waals surface area (Å²) in [7, 11) is 8.24. The molecule has 0 fully saturated rings. The fraction of sp³-hybridized carbons (Fsp3) is 0.280. The van der Waals surface area contributed by atoms with E-state index < -0.39 is 0 Å². The number of hydrogen-bond donors (Lipinski definition) is 2. The average Bonchev–Trinajstić information content (AvgIpc) is 2.74. The summed E-state index contributed by atoms with van der Waals surface area (Å²) in [6.07, 6.45) is 7.32. The molecule has 0 aliphatic heterocycles. The van der Waals surface area contributed by atoms with Gasteiger partial charge in [0.15, 0.2) is 0 Å². The van der Waals surface area contributed by atoms with E-state index in [1.165, 1.54) is 33.6 Å². The summed E-state index contributed by atoms with van der Waals surface area (Å²) in [5.74, 6) is 0. The van der Waals surface area contributed by atoms with E-state index in [4.69, 9.17) is 5.11 Å². The van der Waals surface area contributed by atoms with Gasteiger partial charge in [0.25, 0.3) is 0 Å². The van der Waals surface area contributed by atoms with Crippen molar-refractivity contribution in [3.63, 3.8) is 0 Å². The number of aliphatic hydroxyl groups excluding tert-OH is 1. The second-order valence-electron chi connectivity index (χ2n) is 7.63. The van der Waals surface area contributed by atoms with Crippen LogP contribution in [-0.4, -0.2) is 46.4 Å². The van der Waals surface area contributed by atoms with Crippen LogP contribution in [-0.2, 0) is 0 Å². The van der Waals surface area contributed by atoms with Gasteiger partial charge in [-0.2, -0.15) is 0 Å². The maximum absolute atomic E-state index is 9.03. The number of allylic oxidation sites excluding steroid dienone is 4. The van der Waals surface area contributed by atoms with Crippen LogP contribution < -0.4 is 15.1 Å². The minimum absolute atomic E-state index is 0.134. The Morgan fingerprint density at radius 2 is 1.34 bits per heavy atom. The van der Waals surface area contributed by atoms with E-state index in [0.717, 1.165) is 12.1 Å². The lowest BCUT2D eigenvalue weighted by molar-refractivity contribution is 0.297. The lowest BCUT2D eigenvalue weighted by atomic mass is 9.89. The zero-order valence-electron chi connectivity index (χ0n) is 17.8. The zero-order valence-corrected chi connectivity index (χ0v) is 17.8. The van der Waals surface area contributed by atoms with Crippen molar-refractivity contribution in [3.05, 3.63) is 89.2 Å². The van der Waals surface area contributed by atoms with Crippen molar-refractivity contribution < 1.29 is 5.11 Å². The lowest BCUT2D eigenvalue weighted by Crippen LogP contribution is -2.17. The molecular weight excluding hydrogens is 358 g/mol. The first-order chi connectivity index (χ1) is 14.0. The molecule has 2 N–H and O–H groups in total. The molecule has 4 heteroatoms. The Labute approximate surface area is 174 Å². The van der Waals surface area contributed by atoms with Crippen LogP contribution in [0, 0.1) is 0 Å². The molecule has 0 amide bonds. The monoisotopic (exact) mass is 389 g/mol. The van der Waals surface area contributed by atoms with Crippen molar-refractivity contribution in [2.45, 2.75) is 6.42 Å². The van der Waals surface area contributed by atoms with Gasteiger partial charge in [-0.05, 0) is 59.0 Å². The molecule has 29 heavy (non-hydrogen) atoms. The number of nitrogens with zero attached hydrogens (tertiary/aromatic N) is 2. The van der Waals surface area contributed by atoms with Gasteiger partial charge in [0.05, 0.1) is 6.61 Å². The fourth-order valence-corrected chi connectivity index (χ4v) is 3.45. The van der Waals surface area contributed by atoms with Crippen LogP contribution in [0.4, 0.5) is 11.4 Å². The zero-order chi connectivity index (χ0) is 20.8. The minimum Gasteiger partial charge on any atom is -0.395 e. The molecule has 0 radical (unpaired) electrons. The largest absolute Gasteiger partial charge is 0.395 e. The maximum atomic E-state index is 9.03. The van der Waals surface area contributed by atoms with Gasteiger partial charge < -0.3 is 20.2 Å². The smallest absolute Gasteiger partial charge is 0.0604 e. The van der Waals surface area contributed by atoms with E-state index in [2.05, 4.69) is 110 Å².